The van der Waals surface area contributed by atoms with Crippen LogP contribution in [0, 0.1) is 0 Å². The van der Waals surface area contributed by atoms with Gasteiger partial charge < -0.3 is 15.0 Å². The molecule has 0 amide bonds. The zero-order valence-corrected chi connectivity index (χ0v) is 11.6. The van der Waals surface area contributed by atoms with E-state index in [2.05, 4.69) is 10.3 Å². The molecule has 17 heavy (non-hydrogen) atoms. The topological polar surface area (TPSA) is 37.4 Å². The van der Waals surface area contributed by atoms with Crippen LogP contribution >= 0.6 is 11.3 Å². The van der Waals surface area contributed by atoms with E-state index in [1.165, 1.54) is 30.6 Å². The lowest BCUT2D eigenvalue weighted by molar-refractivity contribution is 0.392. The van der Waals surface area contributed by atoms with Crippen LogP contribution in [0.5, 0.6) is 5.88 Å². The second-order valence-electron chi connectivity index (χ2n) is 4.69. The first kappa shape index (κ1) is 12.6. The largest absolute Gasteiger partial charge is 0.480 e. The second-order valence-corrected chi connectivity index (χ2v) is 5.75. The van der Waals surface area contributed by atoms with Crippen molar-refractivity contribution < 1.29 is 4.74 Å². The van der Waals surface area contributed by atoms with Crippen molar-refractivity contribution >= 4 is 16.5 Å². The molecule has 0 radical (unpaired) electrons. The summed E-state index contributed by atoms with van der Waals surface area (Å²) in [5, 5.41) is 4.60. The number of rotatable bonds is 5. The van der Waals surface area contributed by atoms with E-state index in [9.17, 15) is 0 Å². The van der Waals surface area contributed by atoms with Crippen molar-refractivity contribution in [1.82, 2.24) is 10.3 Å². The normalized spacial score (nSPS) is 16.4. The number of nitrogens with zero attached hydrogens (tertiary/aromatic N) is 2. The summed E-state index contributed by atoms with van der Waals surface area (Å²) in [5.41, 5.74) is 0. The minimum atomic E-state index is 0.685. The number of anilines is 1. The third-order valence-corrected chi connectivity index (χ3v) is 4.34. The highest BCUT2D eigenvalue weighted by Crippen LogP contribution is 2.30. The summed E-state index contributed by atoms with van der Waals surface area (Å²) in [6.45, 7) is 0.874. The van der Waals surface area contributed by atoms with E-state index in [4.69, 9.17) is 4.74 Å². The average molecular weight is 255 g/mol. The number of methoxy groups -OCH3 is 1. The van der Waals surface area contributed by atoms with Gasteiger partial charge in [-0.2, -0.15) is 4.98 Å². The van der Waals surface area contributed by atoms with Crippen molar-refractivity contribution in [1.29, 1.82) is 0 Å². The molecule has 1 N–H and O–H groups in total. The molecule has 0 bridgehead atoms. The van der Waals surface area contributed by atoms with Crippen LogP contribution in [-0.4, -0.2) is 32.2 Å². The van der Waals surface area contributed by atoms with Crippen molar-refractivity contribution in [3.8, 4) is 5.88 Å². The van der Waals surface area contributed by atoms with Gasteiger partial charge in [0.25, 0.3) is 0 Å². The molecule has 5 heteroatoms. The first-order chi connectivity index (χ1) is 8.20. The maximum Gasteiger partial charge on any atom is 0.230 e. The molecule has 1 aliphatic rings. The maximum absolute atomic E-state index is 5.32. The van der Waals surface area contributed by atoms with E-state index in [1.54, 1.807) is 18.4 Å². The van der Waals surface area contributed by atoms with Gasteiger partial charge in [0.1, 0.15) is 0 Å². The lowest BCUT2D eigenvalue weighted by Crippen LogP contribution is -2.25. The first-order valence-corrected chi connectivity index (χ1v) is 6.96. The molecular weight excluding hydrogens is 234 g/mol. The van der Waals surface area contributed by atoms with Gasteiger partial charge in [-0.25, -0.2) is 0 Å². The van der Waals surface area contributed by atoms with Crippen LogP contribution in [0.3, 0.4) is 0 Å². The molecule has 0 aromatic carbocycles. The predicted molar refractivity (Wildman–Crippen MR) is 72.1 cm³/mol. The smallest absolute Gasteiger partial charge is 0.230 e. The van der Waals surface area contributed by atoms with E-state index in [-0.39, 0.29) is 0 Å². The number of hydrogen-bond donors (Lipinski definition) is 1. The van der Waals surface area contributed by atoms with Crippen LogP contribution in [0.25, 0.3) is 0 Å². The second kappa shape index (κ2) is 5.69. The SMILES string of the molecule is COc1nc(N(C)C)sc1CNC1CCCC1. The van der Waals surface area contributed by atoms with Crippen molar-refractivity contribution in [2.45, 2.75) is 38.3 Å². The van der Waals surface area contributed by atoms with Gasteiger partial charge in [-0.15, -0.1) is 0 Å². The summed E-state index contributed by atoms with van der Waals surface area (Å²) >= 11 is 1.70. The highest BCUT2D eigenvalue weighted by atomic mass is 32.1. The number of thiazole rings is 1. The zero-order chi connectivity index (χ0) is 12.3. The van der Waals surface area contributed by atoms with Crippen molar-refractivity contribution in [2.24, 2.45) is 0 Å². The Balaban J connectivity index is 1.98. The van der Waals surface area contributed by atoms with Crippen LogP contribution in [0.2, 0.25) is 0 Å². The monoisotopic (exact) mass is 255 g/mol. The van der Waals surface area contributed by atoms with E-state index in [0.29, 0.717) is 6.04 Å². The van der Waals surface area contributed by atoms with Gasteiger partial charge in [0.05, 0.1) is 12.0 Å². The quantitative estimate of drug-likeness (QED) is 0.875. The van der Waals surface area contributed by atoms with Gasteiger partial charge in [-0.3, -0.25) is 0 Å². The van der Waals surface area contributed by atoms with Crippen LogP contribution in [0.4, 0.5) is 5.13 Å². The van der Waals surface area contributed by atoms with Crippen molar-refractivity contribution in [3.63, 3.8) is 0 Å². The average Bonchev–Trinajstić information content (AvgIpc) is 2.95. The van der Waals surface area contributed by atoms with Gasteiger partial charge >= 0.3 is 0 Å². The lowest BCUT2D eigenvalue weighted by atomic mass is 10.2. The van der Waals surface area contributed by atoms with Crippen LogP contribution in [-0.2, 0) is 6.54 Å². The number of ether oxygens (including phenoxy) is 1. The third kappa shape index (κ3) is 3.10. The van der Waals surface area contributed by atoms with Gasteiger partial charge in [0.15, 0.2) is 5.13 Å². The molecule has 0 saturated heterocycles. The fraction of sp³-hybridized carbons (Fsp3) is 0.750. The summed E-state index contributed by atoms with van der Waals surface area (Å²) in [4.78, 5) is 7.67. The molecule has 1 fully saturated rings. The minimum absolute atomic E-state index is 0.685. The molecule has 1 aromatic heterocycles. The Kier molecular flexibility index (Phi) is 4.23. The zero-order valence-electron chi connectivity index (χ0n) is 10.8. The van der Waals surface area contributed by atoms with Crippen molar-refractivity contribution in [2.75, 3.05) is 26.1 Å². The summed E-state index contributed by atoms with van der Waals surface area (Å²) in [7, 11) is 5.70. The Bertz CT molecular complexity index is 359. The molecule has 0 aliphatic heterocycles. The van der Waals surface area contributed by atoms with Crippen LogP contribution in [0.1, 0.15) is 30.6 Å². The summed E-state index contributed by atoms with van der Waals surface area (Å²) < 4.78 is 5.32. The first-order valence-electron chi connectivity index (χ1n) is 6.15. The van der Waals surface area contributed by atoms with E-state index < -0.39 is 0 Å². The number of nitrogens with one attached hydrogen (secondary N) is 1. The van der Waals surface area contributed by atoms with Gasteiger partial charge in [-0.1, -0.05) is 24.2 Å². The van der Waals surface area contributed by atoms with Gasteiger partial charge in [-0.05, 0) is 12.8 Å². The highest BCUT2D eigenvalue weighted by molar-refractivity contribution is 7.15. The Morgan fingerprint density at radius 2 is 2.12 bits per heavy atom. The van der Waals surface area contributed by atoms with Crippen LogP contribution in [0.15, 0.2) is 0 Å². The molecule has 4 nitrogen and oxygen atoms in total. The Morgan fingerprint density at radius 1 is 1.41 bits per heavy atom. The van der Waals surface area contributed by atoms with Crippen molar-refractivity contribution in [3.05, 3.63) is 4.88 Å². The molecule has 96 valence electrons. The van der Waals surface area contributed by atoms with E-state index >= 15 is 0 Å². The van der Waals surface area contributed by atoms with Gasteiger partial charge in [0.2, 0.25) is 5.88 Å². The minimum Gasteiger partial charge on any atom is -0.480 e. The molecule has 0 atom stereocenters. The molecular formula is C12H21N3OS. The van der Waals surface area contributed by atoms with Gasteiger partial charge in [0, 0.05) is 26.7 Å². The van der Waals surface area contributed by atoms with E-state index in [1.807, 2.05) is 19.0 Å². The van der Waals surface area contributed by atoms with E-state index in [0.717, 1.165) is 17.6 Å². The Labute approximate surface area is 107 Å². The fourth-order valence-corrected chi connectivity index (χ4v) is 3.06. The molecule has 1 heterocycles. The van der Waals surface area contributed by atoms with Crippen LogP contribution < -0.4 is 15.0 Å². The molecule has 0 spiro atoms. The summed E-state index contributed by atoms with van der Waals surface area (Å²) in [5.74, 6) is 0.768. The molecule has 1 saturated carbocycles. The fourth-order valence-electron chi connectivity index (χ4n) is 2.16. The molecule has 1 aliphatic carbocycles. The molecule has 1 aromatic rings. The standard InChI is InChI=1S/C12H21N3OS/c1-15(2)12-14-11(16-3)10(17-12)8-13-9-6-4-5-7-9/h9,13H,4-8H2,1-3H3. The molecule has 0 unspecified atom stereocenters. The Morgan fingerprint density at radius 3 is 2.71 bits per heavy atom. The predicted octanol–water partition coefficient (Wildman–Crippen LogP) is 2.25. The third-order valence-electron chi connectivity index (χ3n) is 3.13. The molecule has 2 rings (SSSR count). The Hall–Kier alpha value is -0.810. The maximum atomic E-state index is 5.32. The summed E-state index contributed by atoms with van der Waals surface area (Å²) in [6, 6.07) is 0.685. The number of aromatic nitrogens is 1. The highest BCUT2D eigenvalue weighted by Gasteiger charge is 2.17. The number of hydrogen-bond acceptors (Lipinski definition) is 5. The lowest BCUT2D eigenvalue weighted by Gasteiger charge is -2.10. The summed E-state index contributed by atoms with van der Waals surface area (Å²) in [6.07, 6.45) is 5.34.